The van der Waals surface area contributed by atoms with Crippen molar-refractivity contribution in [2.75, 3.05) is 50.5 Å². The van der Waals surface area contributed by atoms with Gasteiger partial charge in [-0.2, -0.15) is 15.0 Å². The fourth-order valence-electron chi connectivity index (χ4n) is 2.07. The highest BCUT2D eigenvalue weighted by molar-refractivity contribution is 5.33. The molecule has 1 unspecified atom stereocenters. The zero-order valence-corrected chi connectivity index (χ0v) is 12.0. The maximum atomic E-state index is 5.64. The fraction of sp³-hybridized carbons (Fsp3) is 0.750. The van der Waals surface area contributed by atoms with Crippen molar-refractivity contribution in [3.63, 3.8) is 0 Å². The molecule has 2 heterocycles. The van der Waals surface area contributed by atoms with E-state index in [1.54, 1.807) is 0 Å². The second-order valence-electron chi connectivity index (χ2n) is 4.69. The number of nitrogen functional groups attached to an aromatic ring is 1. The Labute approximate surface area is 118 Å². The van der Waals surface area contributed by atoms with E-state index in [2.05, 4.69) is 32.1 Å². The van der Waals surface area contributed by atoms with E-state index in [0.29, 0.717) is 12.6 Å². The van der Waals surface area contributed by atoms with Crippen LogP contribution in [0.5, 0.6) is 6.01 Å². The monoisotopic (exact) mass is 282 g/mol. The molecule has 1 atom stereocenters. The van der Waals surface area contributed by atoms with Crippen LogP contribution < -0.4 is 15.8 Å². The van der Waals surface area contributed by atoms with E-state index in [4.69, 9.17) is 15.2 Å². The van der Waals surface area contributed by atoms with Gasteiger partial charge in [0.15, 0.2) is 0 Å². The topological polar surface area (TPSA) is 98.4 Å². The average Bonchev–Trinajstić information content (AvgIpc) is 2.39. The van der Waals surface area contributed by atoms with Crippen LogP contribution >= 0.6 is 0 Å². The summed E-state index contributed by atoms with van der Waals surface area (Å²) >= 11 is 0. The molecule has 0 bridgehead atoms. The van der Waals surface area contributed by atoms with E-state index in [9.17, 15) is 0 Å². The molecule has 0 aromatic carbocycles. The van der Waals surface area contributed by atoms with Crippen molar-refractivity contribution in [1.29, 1.82) is 0 Å². The fourth-order valence-corrected chi connectivity index (χ4v) is 2.07. The molecule has 0 spiro atoms. The Morgan fingerprint density at radius 3 is 2.80 bits per heavy atom. The van der Waals surface area contributed by atoms with Gasteiger partial charge >= 0.3 is 6.01 Å². The number of anilines is 2. The molecule has 1 aromatic rings. The predicted molar refractivity (Wildman–Crippen MR) is 75.8 cm³/mol. The first kappa shape index (κ1) is 14.7. The molecule has 1 aromatic heterocycles. The number of nitrogens with two attached hydrogens (primary N) is 1. The number of nitrogens with one attached hydrogen (secondary N) is 1. The van der Waals surface area contributed by atoms with Crippen molar-refractivity contribution in [2.45, 2.75) is 19.9 Å². The number of aromatic nitrogens is 3. The molecule has 1 aliphatic heterocycles. The van der Waals surface area contributed by atoms with Gasteiger partial charge in [-0.05, 0) is 13.8 Å². The van der Waals surface area contributed by atoms with E-state index in [0.717, 1.165) is 32.8 Å². The number of morpholine rings is 1. The summed E-state index contributed by atoms with van der Waals surface area (Å²) in [5.74, 6) is 0.603. The van der Waals surface area contributed by atoms with E-state index < -0.39 is 0 Å². The molecular weight excluding hydrogens is 260 g/mol. The zero-order valence-electron chi connectivity index (χ0n) is 12.0. The van der Waals surface area contributed by atoms with E-state index in [1.165, 1.54) is 0 Å². The molecule has 3 N–H and O–H groups in total. The van der Waals surface area contributed by atoms with Gasteiger partial charge in [0.2, 0.25) is 11.9 Å². The molecule has 8 heteroatoms. The summed E-state index contributed by atoms with van der Waals surface area (Å²) in [6.07, 6.45) is 0. The van der Waals surface area contributed by atoms with E-state index in [-0.39, 0.29) is 18.0 Å². The minimum absolute atomic E-state index is 0.157. The quantitative estimate of drug-likeness (QED) is 0.751. The van der Waals surface area contributed by atoms with Gasteiger partial charge in [0.05, 0.1) is 19.8 Å². The summed E-state index contributed by atoms with van der Waals surface area (Å²) in [7, 11) is 0. The van der Waals surface area contributed by atoms with Crippen LogP contribution in [-0.4, -0.2) is 65.3 Å². The van der Waals surface area contributed by atoms with Crippen LogP contribution in [-0.2, 0) is 4.74 Å². The standard InChI is InChI=1S/C12H22N6O2/c1-3-20-12-16-10(13)15-11(17-12)14-9(2)8-18-4-6-19-7-5-18/h9H,3-8H2,1-2H3,(H3,13,14,15,16,17). The van der Waals surface area contributed by atoms with Gasteiger partial charge in [-0.25, -0.2) is 0 Å². The third-order valence-corrected chi connectivity index (χ3v) is 2.92. The average molecular weight is 282 g/mol. The Morgan fingerprint density at radius 1 is 1.35 bits per heavy atom. The first-order valence-electron chi connectivity index (χ1n) is 6.88. The molecular formula is C12H22N6O2. The minimum atomic E-state index is 0.157. The largest absolute Gasteiger partial charge is 0.464 e. The molecule has 1 saturated heterocycles. The Kier molecular flexibility index (Phi) is 5.31. The van der Waals surface area contributed by atoms with Gasteiger partial charge in [-0.1, -0.05) is 0 Å². The third-order valence-electron chi connectivity index (χ3n) is 2.92. The molecule has 1 fully saturated rings. The molecule has 0 saturated carbocycles. The second-order valence-corrected chi connectivity index (χ2v) is 4.69. The maximum absolute atomic E-state index is 5.64. The normalized spacial score (nSPS) is 17.7. The lowest BCUT2D eigenvalue weighted by molar-refractivity contribution is 0.0368. The first-order chi connectivity index (χ1) is 9.67. The molecule has 2 rings (SSSR count). The SMILES string of the molecule is CCOc1nc(N)nc(NC(C)CN2CCOCC2)n1. The molecule has 0 radical (unpaired) electrons. The molecule has 0 aliphatic carbocycles. The smallest absolute Gasteiger partial charge is 0.323 e. The second kappa shape index (κ2) is 7.20. The highest BCUT2D eigenvalue weighted by Gasteiger charge is 2.15. The van der Waals surface area contributed by atoms with Crippen molar-refractivity contribution in [3.05, 3.63) is 0 Å². The maximum Gasteiger partial charge on any atom is 0.323 e. The number of hydrogen-bond donors (Lipinski definition) is 2. The summed E-state index contributed by atoms with van der Waals surface area (Å²) in [6, 6.07) is 0.449. The Bertz CT molecular complexity index is 424. The van der Waals surface area contributed by atoms with Crippen LogP contribution in [0, 0.1) is 0 Å². The van der Waals surface area contributed by atoms with Gasteiger partial charge in [-0.3, -0.25) is 4.90 Å². The van der Waals surface area contributed by atoms with E-state index >= 15 is 0 Å². The van der Waals surface area contributed by atoms with Gasteiger partial charge in [0.25, 0.3) is 0 Å². The Balaban J connectivity index is 1.90. The summed E-state index contributed by atoms with van der Waals surface area (Å²) in [4.78, 5) is 14.5. The number of hydrogen-bond acceptors (Lipinski definition) is 8. The number of ether oxygens (including phenoxy) is 2. The highest BCUT2D eigenvalue weighted by atomic mass is 16.5. The summed E-state index contributed by atoms with van der Waals surface area (Å²) in [5, 5.41) is 3.22. The minimum Gasteiger partial charge on any atom is -0.464 e. The van der Waals surface area contributed by atoms with Crippen molar-refractivity contribution >= 4 is 11.9 Å². The summed E-state index contributed by atoms with van der Waals surface area (Å²) in [6.45, 7) is 8.83. The van der Waals surface area contributed by atoms with Gasteiger partial charge < -0.3 is 20.5 Å². The van der Waals surface area contributed by atoms with Crippen LogP contribution in [0.1, 0.15) is 13.8 Å². The van der Waals surface area contributed by atoms with Crippen molar-refractivity contribution < 1.29 is 9.47 Å². The van der Waals surface area contributed by atoms with Crippen LogP contribution in [0.4, 0.5) is 11.9 Å². The highest BCUT2D eigenvalue weighted by Crippen LogP contribution is 2.10. The Morgan fingerprint density at radius 2 is 2.10 bits per heavy atom. The molecule has 0 amide bonds. The molecule has 8 nitrogen and oxygen atoms in total. The van der Waals surface area contributed by atoms with Gasteiger partial charge in [0.1, 0.15) is 0 Å². The Hall–Kier alpha value is -1.67. The summed E-state index contributed by atoms with van der Waals surface area (Å²) < 4.78 is 10.6. The molecule has 112 valence electrons. The lowest BCUT2D eigenvalue weighted by Crippen LogP contribution is -2.42. The van der Waals surface area contributed by atoms with Crippen LogP contribution in [0.15, 0.2) is 0 Å². The number of nitrogens with zero attached hydrogens (tertiary/aromatic N) is 4. The third kappa shape index (κ3) is 4.46. The molecule has 20 heavy (non-hydrogen) atoms. The number of rotatable bonds is 6. The van der Waals surface area contributed by atoms with E-state index in [1.807, 2.05) is 6.92 Å². The van der Waals surface area contributed by atoms with Gasteiger partial charge in [-0.15, -0.1) is 0 Å². The lowest BCUT2D eigenvalue weighted by Gasteiger charge is -2.29. The first-order valence-corrected chi connectivity index (χ1v) is 6.88. The summed E-state index contributed by atoms with van der Waals surface area (Å²) in [5.41, 5.74) is 5.64. The van der Waals surface area contributed by atoms with Crippen LogP contribution in [0.25, 0.3) is 0 Å². The van der Waals surface area contributed by atoms with Gasteiger partial charge in [0, 0.05) is 25.7 Å². The predicted octanol–water partition coefficient (Wildman–Crippen LogP) is -0.0149. The van der Waals surface area contributed by atoms with Crippen molar-refractivity contribution in [3.8, 4) is 6.01 Å². The zero-order chi connectivity index (χ0) is 14.4. The lowest BCUT2D eigenvalue weighted by atomic mass is 10.3. The van der Waals surface area contributed by atoms with Crippen molar-refractivity contribution in [1.82, 2.24) is 19.9 Å². The van der Waals surface area contributed by atoms with Crippen molar-refractivity contribution in [2.24, 2.45) is 0 Å². The van der Waals surface area contributed by atoms with Crippen LogP contribution in [0.2, 0.25) is 0 Å². The van der Waals surface area contributed by atoms with Crippen LogP contribution in [0.3, 0.4) is 0 Å². The molecule has 1 aliphatic rings.